The topological polar surface area (TPSA) is 44.0 Å². The maximum atomic E-state index is 13.1. The second kappa shape index (κ2) is 5.84. The van der Waals surface area contributed by atoms with E-state index in [9.17, 15) is 9.59 Å². The Labute approximate surface area is 164 Å². The highest BCUT2D eigenvalue weighted by molar-refractivity contribution is 6.35. The molecule has 0 saturated heterocycles. The van der Waals surface area contributed by atoms with Gasteiger partial charge >= 0.3 is 0 Å². The Morgan fingerprint density at radius 3 is 2.44 bits per heavy atom. The van der Waals surface area contributed by atoms with Crippen LogP contribution in [0.4, 0.5) is 0 Å². The van der Waals surface area contributed by atoms with Crippen molar-refractivity contribution in [3.63, 3.8) is 0 Å². The molecule has 2 aromatic heterocycles. The van der Waals surface area contributed by atoms with E-state index in [-0.39, 0.29) is 16.9 Å². The van der Waals surface area contributed by atoms with Gasteiger partial charge < -0.3 is 4.57 Å². The second-order valence-electron chi connectivity index (χ2n) is 6.43. The Kier molecular flexibility index (Phi) is 3.54. The van der Waals surface area contributed by atoms with Crippen molar-refractivity contribution in [1.82, 2.24) is 9.13 Å². The van der Waals surface area contributed by atoms with Crippen molar-refractivity contribution in [2.75, 3.05) is 0 Å². The minimum absolute atomic E-state index is 0.174. The third-order valence-corrected chi connectivity index (χ3v) is 5.62. The summed E-state index contributed by atoms with van der Waals surface area (Å²) in [5, 5.41) is 1.49. The summed E-state index contributed by atoms with van der Waals surface area (Å²) in [6.45, 7) is 0.390. The molecule has 4 nitrogen and oxygen atoms in total. The Balaban J connectivity index is 1.94. The number of carbonyl (C=O) groups excluding carboxylic acids is 1. The van der Waals surface area contributed by atoms with Crippen molar-refractivity contribution in [2.24, 2.45) is 0 Å². The lowest BCUT2D eigenvalue weighted by Crippen LogP contribution is -2.20. The normalized spacial score (nSPS) is 12.4. The van der Waals surface area contributed by atoms with Gasteiger partial charge in [0, 0.05) is 23.2 Å². The quantitative estimate of drug-likeness (QED) is 0.430. The molecule has 1 aliphatic rings. The van der Waals surface area contributed by atoms with E-state index in [1.54, 1.807) is 30.5 Å². The third kappa shape index (κ3) is 2.24. The molecule has 0 amide bonds. The maximum absolute atomic E-state index is 13.1. The monoisotopic (exact) mass is 394 g/mol. The predicted molar refractivity (Wildman–Crippen MR) is 107 cm³/mol. The largest absolute Gasteiger partial charge is 0.333 e. The number of halogens is 2. The summed E-state index contributed by atoms with van der Waals surface area (Å²) in [4.78, 5) is 25.9. The first kappa shape index (κ1) is 16.4. The minimum atomic E-state index is -0.315. The first-order chi connectivity index (χ1) is 13.1. The van der Waals surface area contributed by atoms with Crippen LogP contribution in [0.25, 0.3) is 22.3 Å². The minimum Gasteiger partial charge on any atom is -0.333 e. The summed E-state index contributed by atoms with van der Waals surface area (Å²) in [5.74, 6) is -0.315. The number of carbonyl (C=O) groups is 1. The van der Waals surface area contributed by atoms with Gasteiger partial charge in [-0.1, -0.05) is 47.5 Å². The fourth-order valence-electron chi connectivity index (χ4n) is 3.75. The Hall–Kier alpha value is -2.82. The highest BCUT2D eigenvalue weighted by Gasteiger charge is 2.33. The summed E-state index contributed by atoms with van der Waals surface area (Å²) in [5.41, 5.74) is 2.62. The van der Waals surface area contributed by atoms with Crippen LogP contribution in [0, 0.1) is 0 Å². The van der Waals surface area contributed by atoms with Gasteiger partial charge in [-0.05, 0) is 35.9 Å². The lowest BCUT2D eigenvalue weighted by Gasteiger charge is -2.18. The molecule has 0 N–H and O–H groups in total. The Morgan fingerprint density at radius 2 is 1.63 bits per heavy atom. The van der Waals surface area contributed by atoms with Gasteiger partial charge in [-0.25, -0.2) is 0 Å². The second-order valence-corrected chi connectivity index (χ2v) is 7.25. The first-order valence-corrected chi connectivity index (χ1v) is 9.14. The van der Waals surface area contributed by atoms with Crippen LogP contribution in [0.1, 0.15) is 15.9 Å². The summed E-state index contributed by atoms with van der Waals surface area (Å²) in [7, 11) is 0. The van der Waals surface area contributed by atoms with E-state index in [1.807, 2.05) is 34.9 Å². The number of pyridine rings is 1. The molecule has 4 aromatic rings. The molecule has 5 rings (SSSR count). The van der Waals surface area contributed by atoms with Crippen molar-refractivity contribution in [3.05, 3.63) is 92.2 Å². The molecule has 27 heavy (non-hydrogen) atoms. The van der Waals surface area contributed by atoms with Crippen LogP contribution in [0.2, 0.25) is 10.0 Å². The smallest absolute Gasteiger partial charge is 0.268 e. The van der Waals surface area contributed by atoms with Gasteiger partial charge in [0.2, 0.25) is 5.43 Å². The van der Waals surface area contributed by atoms with E-state index in [4.69, 9.17) is 23.2 Å². The zero-order valence-corrected chi connectivity index (χ0v) is 15.5. The van der Waals surface area contributed by atoms with Gasteiger partial charge in [0.15, 0.2) is 0 Å². The maximum Gasteiger partial charge on any atom is 0.268 e. The van der Waals surface area contributed by atoms with E-state index in [0.717, 1.165) is 5.56 Å². The van der Waals surface area contributed by atoms with Gasteiger partial charge in [-0.2, -0.15) is 0 Å². The molecule has 0 spiro atoms. The molecule has 0 fully saturated rings. The molecule has 0 aliphatic carbocycles. The van der Waals surface area contributed by atoms with Crippen LogP contribution in [0.15, 0.2) is 65.6 Å². The standard InChI is InChI=1S/C21H12Cl2N2O2/c22-14-7-2-1-5-12(14)11-25-18-13(6-3-8-15(18)23)20(26)17-19(25)16-9-4-10-24(16)21(17)27/h1-10H,11H2. The molecule has 0 saturated carbocycles. The molecule has 0 bridgehead atoms. The number of benzene rings is 2. The van der Waals surface area contributed by atoms with Crippen molar-refractivity contribution in [2.45, 2.75) is 6.54 Å². The number of hydrogen-bond acceptors (Lipinski definition) is 2. The average molecular weight is 395 g/mol. The van der Waals surface area contributed by atoms with Crippen LogP contribution in [-0.2, 0) is 6.54 Å². The lowest BCUT2D eigenvalue weighted by atomic mass is 10.1. The van der Waals surface area contributed by atoms with Gasteiger partial charge in [-0.3, -0.25) is 14.2 Å². The fraction of sp³-hybridized carbons (Fsp3) is 0.0476. The highest BCUT2D eigenvalue weighted by Crippen LogP contribution is 2.36. The molecular formula is C21H12Cl2N2O2. The molecular weight excluding hydrogens is 383 g/mol. The summed E-state index contributed by atoms with van der Waals surface area (Å²) in [6, 6.07) is 16.3. The third-order valence-electron chi connectivity index (χ3n) is 4.95. The number of para-hydroxylation sites is 1. The van der Waals surface area contributed by atoms with Crippen LogP contribution < -0.4 is 5.43 Å². The zero-order valence-electron chi connectivity index (χ0n) is 13.9. The Morgan fingerprint density at radius 1 is 0.852 bits per heavy atom. The zero-order chi connectivity index (χ0) is 18.7. The first-order valence-electron chi connectivity index (χ1n) is 8.39. The van der Waals surface area contributed by atoms with Crippen LogP contribution in [0.3, 0.4) is 0 Å². The number of nitrogens with zero attached hydrogens (tertiary/aromatic N) is 2. The predicted octanol–water partition coefficient (Wildman–Crippen LogP) is 4.83. The van der Waals surface area contributed by atoms with Gasteiger partial charge in [0.1, 0.15) is 5.56 Å². The van der Waals surface area contributed by atoms with Crippen LogP contribution in [0.5, 0.6) is 0 Å². The van der Waals surface area contributed by atoms with E-state index < -0.39 is 0 Å². The summed E-state index contributed by atoms with van der Waals surface area (Å²) in [6.07, 6.45) is 1.67. The van der Waals surface area contributed by atoms with E-state index in [2.05, 4.69) is 0 Å². The number of fused-ring (bicyclic) bond motifs is 4. The van der Waals surface area contributed by atoms with E-state index >= 15 is 0 Å². The molecule has 1 aliphatic heterocycles. The molecule has 0 unspecified atom stereocenters. The molecule has 0 radical (unpaired) electrons. The van der Waals surface area contributed by atoms with E-state index in [0.29, 0.717) is 38.9 Å². The molecule has 2 aromatic carbocycles. The lowest BCUT2D eigenvalue weighted by molar-refractivity contribution is 0.0968. The Bertz CT molecular complexity index is 1320. The number of hydrogen-bond donors (Lipinski definition) is 0. The number of aromatic nitrogens is 2. The average Bonchev–Trinajstić information content (AvgIpc) is 3.23. The van der Waals surface area contributed by atoms with E-state index in [1.165, 1.54) is 4.57 Å². The molecule has 0 atom stereocenters. The van der Waals surface area contributed by atoms with Crippen LogP contribution >= 0.6 is 23.2 Å². The van der Waals surface area contributed by atoms with Crippen molar-refractivity contribution in [3.8, 4) is 11.4 Å². The summed E-state index contributed by atoms with van der Waals surface area (Å²) < 4.78 is 3.42. The molecule has 6 heteroatoms. The summed E-state index contributed by atoms with van der Waals surface area (Å²) >= 11 is 12.9. The number of rotatable bonds is 2. The van der Waals surface area contributed by atoms with Crippen molar-refractivity contribution in [1.29, 1.82) is 0 Å². The molecule has 132 valence electrons. The van der Waals surface area contributed by atoms with Crippen molar-refractivity contribution >= 4 is 40.0 Å². The van der Waals surface area contributed by atoms with Gasteiger partial charge in [0.05, 0.1) is 21.9 Å². The molecule has 3 heterocycles. The fourth-order valence-corrected chi connectivity index (χ4v) is 4.23. The van der Waals surface area contributed by atoms with Crippen LogP contribution in [-0.4, -0.2) is 15.0 Å². The van der Waals surface area contributed by atoms with Gasteiger partial charge in [-0.15, -0.1) is 0 Å². The SMILES string of the molecule is O=C1c2c(n(Cc3ccccc3Cl)c3c(Cl)cccc3c2=O)-c2cccn21. The van der Waals surface area contributed by atoms with Crippen molar-refractivity contribution < 1.29 is 4.79 Å². The van der Waals surface area contributed by atoms with Gasteiger partial charge in [0.25, 0.3) is 5.91 Å². The highest BCUT2D eigenvalue weighted by atomic mass is 35.5.